The Balaban J connectivity index is 1.53. The van der Waals surface area contributed by atoms with Gasteiger partial charge in [0.15, 0.2) is 11.5 Å². The van der Waals surface area contributed by atoms with Gasteiger partial charge in [0.1, 0.15) is 19.0 Å². The Hall–Kier alpha value is -2.21. The summed E-state index contributed by atoms with van der Waals surface area (Å²) in [6, 6.07) is 6.10. The number of aromatic nitrogens is 2. The topological polar surface area (TPSA) is 51.6 Å². The molecule has 1 fully saturated rings. The summed E-state index contributed by atoms with van der Waals surface area (Å²) < 4.78 is 13.5. The van der Waals surface area contributed by atoms with Crippen molar-refractivity contribution in [2.75, 3.05) is 45.2 Å². The maximum Gasteiger partial charge on any atom is 0.163 e. The first-order valence-electron chi connectivity index (χ1n) is 9.24. The summed E-state index contributed by atoms with van der Waals surface area (Å²) in [4.78, 5) is 2.41. The minimum atomic E-state index is 0.573. The van der Waals surface area contributed by atoms with Crippen molar-refractivity contribution < 1.29 is 9.47 Å². The SMILES string of the molecule is CN1CCC(c2nn(-c3ccc4c(c3)OCCO4)c3c2CCN3)CC1. The van der Waals surface area contributed by atoms with E-state index in [0.29, 0.717) is 19.1 Å². The molecule has 3 aliphatic heterocycles. The largest absolute Gasteiger partial charge is 0.486 e. The van der Waals surface area contributed by atoms with Gasteiger partial charge in [0, 0.05) is 24.1 Å². The molecule has 0 radical (unpaired) electrons. The molecule has 6 nitrogen and oxygen atoms in total. The van der Waals surface area contributed by atoms with Crippen molar-refractivity contribution in [1.82, 2.24) is 14.7 Å². The van der Waals surface area contributed by atoms with Gasteiger partial charge in [-0.15, -0.1) is 0 Å². The fourth-order valence-electron chi connectivity index (χ4n) is 4.16. The molecule has 0 spiro atoms. The minimum absolute atomic E-state index is 0.573. The fraction of sp³-hybridized carbons (Fsp3) is 0.526. The quantitative estimate of drug-likeness (QED) is 0.910. The predicted molar refractivity (Wildman–Crippen MR) is 96.2 cm³/mol. The Morgan fingerprint density at radius 1 is 1.12 bits per heavy atom. The van der Waals surface area contributed by atoms with E-state index < -0.39 is 0 Å². The first kappa shape index (κ1) is 15.1. The zero-order valence-corrected chi connectivity index (χ0v) is 14.6. The lowest BCUT2D eigenvalue weighted by atomic mass is 9.91. The zero-order chi connectivity index (χ0) is 16.8. The highest BCUT2D eigenvalue weighted by Crippen LogP contribution is 2.38. The van der Waals surface area contributed by atoms with E-state index in [0.717, 1.165) is 49.1 Å². The van der Waals surface area contributed by atoms with Crippen LogP contribution in [0, 0.1) is 0 Å². The van der Waals surface area contributed by atoms with E-state index >= 15 is 0 Å². The summed E-state index contributed by atoms with van der Waals surface area (Å²) in [6.07, 6.45) is 3.46. The van der Waals surface area contributed by atoms with Crippen LogP contribution in [0.15, 0.2) is 18.2 Å². The third kappa shape index (κ3) is 2.56. The number of nitrogens with one attached hydrogen (secondary N) is 1. The lowest BCUT2D eigenvalue weighted by molar-refractivity contribution is 0.171. The van der Waals surface area contributed by atoms with Gasteiger partial charge in [-0.2, -0.15) is 5.10 Å². The average Bonchev–Trinajstić information content (AvgIpc) is 3.25. The van der Waals surface area contributed by atoms with Crippen molar-refractivity contribution >= 4 is 5.82 Å². The first-order valence-corrected chi connectivity index (χ1v) is 9.24. The molecule has 0 saturated carbocycles. The maximum absolute atomic E-state index is 5.75. The lowest BCUT2D eigenvalue weighted by Gasteiger charge is -2.28. The van der Waals surface area contributed by atoms with Crippen molar-refractivity contribution in [2.24, 2.45) is 0 Å². The van der Waals surface area contributed by atoms with Gasteiger partial charge in [0.2, 0.25) is 0 Å². The van der Waals surface area contributed by atoms with Crippen molar-refractivity contribution in [1.29, 1.82) is 0 Å². The maximum atomic E-state index is 5.75. The second kappa shape index (κ2) is 5.95. The van der Waals surface area contributed by atoms with E-state index in [-0.39, 0.29) is 0 Å². The number of rotatable bonds is 2. The molecular weight excluding hydrogens is 316 g/mol. The molecule has 0 bridgehead atoms. The summed E-state index contributed by atoms with van der Waals surface area (Å²) >= 11 is 0. The molecule has 1 aromatic heterocycles. The van der Waals surface area contributed by atoms with Gasteiger partial charge in [0.05, 0.1) is 11.4 Å². The van der Waals surface area contributed by atoms with Crippen molar-refractivity contribution in [2.45, 2.75) is 25.2 Å². The molecule has 132 valence electrons. The number of fused-ring (bicyclic) bond motifs is 2. The van der Waals surface area contributed by atoms with E-state index in [9.17, 15) is 0 Å². The van der Waals surface area contributed by atoms with Crippen LogP contribution in [0.4, 0.5) is 5.82 Å². The van der Waals surface area contributed by atoms with E-state index in [1.165, 1.54) is 24.1 Å². The van der Waals surface area contributed by atoms with Crippen LogP contribution in [0.25, 0.3) is 5.69 Å². The Morgan fingerprint density at radius 2 is 1.92 bits per heavy atom. The van der Waals surface area contributed by atoms with Crippen LogP contribution in [0.5, 0.6) is 11.5 Å². The van der Waals surface area contributed by atoms with E-state index in [2.05, 4.69) is 28.0 Å². The van der Waals surface area contributed by atoms with Crippen LogP contribution in [-0.2, 0) is 6.42 Å². The van der Waals surface area contributed by atoms with Crippen LogP contribution < -0.4 is 14.8 Å². The second-order valence-electron chi connectivity index (χ2n) is 7.21. The summed E-state index contributed by atoms with van der Waals surface area (Å²) in [6.45, 7) is 4.53. The Kier molecular flexibility index (Phi) is 3.59. The van der Waals surface area contributed by atoms with Gasteiger partial charge in [0.25, 0.3) is 0 Å². The number of likely N-dealkylation sites (tertiary alicyclic amines) is 1. The highest BCUT2D eigenvalue weighted by molar-refractivity contribution is 5.59. The Bertz CT molecular complexity index is 793. The molecule has 3 aliphatic rings. The molecule has 5 rings (SSSR count). The normalized spacial score (nSPS) is 20.4. The molecule has 6 heteroatoms. The zero-order valence-electron chi connectivity index (χ0n) is 14.6. The molecule has 0 amide bonds. The number of hydrogen-bond donors (Lipinski definition) is 1. The molecule has 1 aromatic carbocycles. The van der Waals surface area contributed by atoms with Crippen LogP contribution in [0.2, 0.25) is 0 Å². The Morgan fingerprint density at radius 3 is 2.76 bits per heavy atom. The van der Waals surface area contributed by atoms with Gasteiger partial charge >= 0.3 is 0 Å². The van der Waals surface area contributed by atoms with Crippen LogP contribution in [0.1, 0.15) is 30.0 Å². The summed E-state index contributed by atoms with van der Waals surface area (Å²) in [5.74, 6) is 3.36. The van der Waals surface area contributed by atoms with E-state index in [1.807, 2.05) is 12.1 Å². The van der Waals surface area contributed by atoms with Gasteiger partial charge in [-0.05, 0) is 51.5 Å². The lowest BCUT2D eigenvalue weighted by Crippen LogP contribution is -2.29. The van der Waals surface area contributed by atoms with Gasteiger partial charge < -0.3 is 19.7 Å². The minimum Gasteiger partial charge on any atom is -0.486 e. The highest BCUT2D eigenvalue weighted by atomic mass is 16.6. The molecule has 0 aliphatic carbocycles. The number of ether oxygens (including phenoxy) is 2. The average molecular weight is 340 g/mol. The predicted octanol–water partition coefficient (Wildman–Crippen LogP) is 2.42. The smallest absolute Gasteiger partial charge is 0.163 e. The van der Waals surface area contributed by atoms with Crippen molar-refractivity contribution in [3.8, 4) is 17.2 Å². The summed E-state index contributed by atoms with van der Waals surface area (Å²) in [5, 5.41) is 8.57. The van der Waals surface area contributed by atoms with Gasteiger partial charge in [-0.3, -0.25) is 0 Å². The molecule has 4 heterocycles. The second-order valence-corrected chi connectivity index (χ2v) is 7.21. The third-order valence-electron chi connectivity index (χ3n) is 5.56. The number of anilines is 1. The van der Waals surface area contributed by atoms with Crippen LogP contribution >= 0.6 is 0 Å². The van der Waals surface area contributed by atoms with Gasteiger partial charge in [-0.1, -0.05) is 0 Å². The molecular formula is C19H24N4O2. The molecule has 1 saturated heterocycles. The monoisotopic (exact) mass is 340 g/mol. The third-order valence-corrected chi connectivity index (χ3v) is 5.56. The molecule has 0 unspecified atom stereocenters. The number of piperidine rings is 1. The number of hydrogen-bond acceptors (Lipinski definition) is 5. The number of nitrogens with zero attached hydrogens (tertiary/aromatic N) is 3. The molecule has 1 N–H and O–H groups in total. The van der Waals surface area contributed by atoms with Crippen LogP contribution in [0.3, 0.4) is 0 Å². The van der Waals surface area contributed by atoms with Crippen molar-refractivity contribution in [3.05, 3.63) is 29.5 Å². The molecule has 2 aromatic rings. The fourth-order valence-corrected chi connectivity index (χ4v) is 4.16. The van der Waals surface area contributed by atoms with E-state index in [4.69, 9.17) is 14.6 Å². The summed E-state index contributed by atoms with van der Waals surface area (Å²) in [5.41, 5.74) is 3.74. The highest BCUT2D eigenvalue weighted by Gasteiger charge is 2.30. The van der Waals surface area contributed by atoms with Gasteiger partial charge in [-0.25, -0.2) is 4.68 Å². The van der Waals surface area contributed by atoms with E-state index in [1.54, 1.807) is 0 Å². The van der Waals surface area contributed by atoms with Crippen LogP contribution in [-0.4, -0.2) is 54.6 Å². The standard InChI is InChI=1S/C19H24N4O2/c1-22-8-5-13(6-9-22)18-15-4-7-20-19(15)23(21-18)14-2-3-16-17(12-14)25-11-10-24-16/h2-3,12-13,20H,4-11H2,1H3. The summed E-state index contributed by atoms with van der Waals surface area (Å²) in [7, 11) is 2.20. The molecule has 0 atom stereocenters. The number of benzene rings is 1. The molecule has 25 heavy (non-hydrogen) atoms. The van der Waals surface area contributed by atoms with Crippen molar-refractivity contribution in [3.63, 3.8) is 0 Å². The first-order chi connectivity index (χ1) is 12.3. The Labute approximate surface area is 147 Å².